The van der Waals surface area contributed by atoms with Crippen molar-refractivity contribution in [2.45, 2.75) is 48.8 Å². The summed E-state index contributed by atoms with van der Waals surface area (Å²) in [6.07, 6.45) is 0.352. The molecule has 0 aliphatic rings. The summed E-state index contributed by atoms with van der Waals surface area (Å²) in [5.74, 6) is -0.108. The summed E-state index contributed by atoms with van der Waals surface area (Å²) in [5, 5.41) is 0. The fourth-order valence-electron chi connectivity index (χ4n) is 2.62. The first-order valence-electron chi connectivity index (χ1n) is 9.37. The second kappa shape index (κ2) is 10.8. The van der Waals surface area contributed by atoms with E-state index < -0.39 is 22.0 Å². The molecule has 0 amide bonds. The minimum absolute atomic E-state index is 0.0890. The average molecular weight is 440 g/mol. The Hall–Kier alpha value is -1.90. The molecule has 0 radical (unpaired) electrons. The van der Waals surface area contributed by atoms with Gasteiger partial charge in [0.2, 0.25) is 10.0 Å². The number of rotatable bonds is 10. The van der Waals surface area contributed by atoms with Gasteiger partial charge in [-0.15, -0.1) is 11.8 Å². The minimum Gasteiger partial charge on any atom is -0.465 e. The molecule has 2 aromatic carbocycles. The highest BCUT2D eigenvalue weighted by atomic mass is 32.2. The molecule has 5 nitrogen and oxygen atoms in total. The molecule has 29 heavy (non-hydrogen) atoms. The number of benzene rings is 2. The number of esters is 1. The van der Waals surface area contributed by atoms with Crippen molar-refractivity contribution >= 4 is 27.8 Å². The van der Waals surface area contributed by atoms with Crippen molar-refractivity contribution in [3.05, 3.63) is 59.9 Å². The predicted octanol–water partition coefficient (Wildman–Crippen LogP) is 4.37. The van der Waals surface area contributed by atoms with Gasteiger partial charge >= 0.3 is 5.97 Å². The van der Waals surface area contributed by atoms with E-state index in [9.17, 15) is 17.6 Å². The number of halogens is 1. The highest BCUT2D eigenvalue weighted by molar-refractivity contribution is 7.98. The smallest absolute Gasteiger partial charge is 0.324 e. The van der Waals surface area contributed by atoms with Crippen molar-refractivity contribution < 1.29 is 22.3 Å². The molecule has 0 aliphatic carbocycles. The second-order valence-electron chi connectivity index (χ2n) is 6.94. The van der Waals surface area contributed by atoms with Crippen LogP contribution in [0.15, 0.2) is 58.3 Å². The van der Waals surface area contributed by atoms with Crippen LogP contribution in [0.3, 0.4) is 0 Å². The number of carbonyl (C=O) groups excluding carboxylic acids is 1. The molecule has 0 heterocycles. The van der Waals surface area contributed by atoms with Gasteiger partial charge in [0.15, 0.2) is 0 Å². The van der Waals surface area contributed by atoms with E-state index >= 15 is 0 Å². The highest BCUT2D eigenvalue weighted by Gasteiger charge is 2.27. The van der Waals surface area contributed by atoms with Crippen LogP contribution >= 0.6 is 11.8 Å². The van der Waals surface area contributed by atoms with Gasteiger partial charge < -0.3 is 4.74 Å². The first kappa shape index (κ1) is 23.4. The Morgan fingerprint density at radius 3 is 2.28 bits per heavy atom. The van der Waals surface area contributed by atoms with E-state index in [1.54, 1.807) is 31.2 Å². The van der Waals surface area contributed by atoms with Crippen LogP contribution in [0.4, 0.5) is 4.39 Å². The zero-order valence-corrected chi connectivity index (χ0v) is 18.4. The van der Waals surface area contributed by atoms with E-state index in [-0.39, 0.29) is 23.2 Å². The van der Waals surface area contributed by atoms with Crippen molar-refractivity contribution in [1.82, 2.24) is 4.72 Å². The maximum atomic E-state index is 13.0. The van der Waals surface area contributed by atoms with Crippen molar-refractivity contribution in [2.75, 3.05) is 6.61 Å². The maximum Gasteiger partial charge on any atom is 0.324 e. The average Bonchev–Trinajstić information content (AvgIpc) is 2.67. The Balaban J connectivity index is 2.05. The molecule has 0 bridgehead atoms. The van der Waals surface area contributed by atoms with Gasteiger partial charge in [-0.2, -0.15) is 4.72 Å². The number of carbonyl (C=O) groups is 1. The van der Waals surface area contributed by atoms with Gasteiger partial charge in [0.1, 0.15) is 11.9 Å². The van der Waals surface area contributed by atoms with E-state index in [1.165, 1.54) is 36.0 Å². The lowest BCUT2D eigenvalue weighted by molar-refractivity contribution is -0.145. The summed E-state index contributed by atoms with van der Waals surface area (Å²) in [6.45, 7) is 5.69. The molecule has 8 heteroatoms. The van der Waals surface area contributed by atoms with Crippen LogP contribution < -0.4 is 4.72 Å². The molecule has 0 aromatic heterocycles. The fourth-order valence-corrected chi connectivity index (χ4v) is 4.68. The van der Waals surface area contributed by atoms with E-state index in [2.05, 4.69) is 4.72 Å². The van der Waals surface area contributed by atoms with Crippen molar-refractivity contribution in [3.8, 4) is 0 Å². The van der Waals surface area contributed by atoms with Gasteiger partial charge in [-0.1, -0.05) is 26.0 Å². The minimum atomic E-state index is -3.86. The SMILES string of the molecule is CCOC(=O)[C@H](CC(C)C)NS(=O)(=O)c1ccc(CSc2ccc(F)cc2)cc1. The molecule has 0 spiro atoms. The van der Waals surface area contributed by atoms with Crippen LogP contribution in [0.1, 0.15) is 32.8 Å². The van der Waals surface area contributed by atoms with Crippen LogP contribution in [-0.4, -0.2) is 27.0 Å². The molecule has 158 valence electrons. The summed E-state index contributed by atoms with van der Waals surface area (Å²) in [6, 6.07) is 11.8. The van der Waals surface area contributed by atoms with E-state index in [1.807, 2.05) is 13.8 Å². The number of ether oxygens (including phenoxy) is 1. The molecule has 0 aliphatic heterocycles. The molecule has 0 unspecified atom stereocenters. The number of hydrogen-bond acceptors (Lipinski definition) is 5. The molecule has 0 saturated heterocycles. The molecule has 1 N–H and O–H groups in total. The summed E-state index contributed by atoms with van der Waals surface area (Å²) < 4.78 is 45.8. The molecule has 2 aromatic rings. The zero-order chi connectivity index (χ0) is 21.4. The molecule has 2 rings (SSSR count). The zero-order valence-electron chi connectivity index (χ0n) is 16.7. The van der Waals surface area contributed by atoms with Gasteiger partial charge in [-0.05, 0) is 61.2 Å². The van der Waals surface area contributed by atoms with Crippen LogP contribution in [0.2, 0.25) is 0 Å². The van der Waals surface area contributed by atoms with Crippen LogP contribution in [-0.2, 0) is 25.3 Å². The Labute approximate surface area is 176 Å². The Bertz CT molecular complexity index is 897. The maximum absolute atomic E-state index is 13.0. The topological polar surface area (TPSA) is 72.5 Å². The molecule has 1 atom stereocenters. The van der Waals surface area contributed by atoms with Crippen molar-refractivity contribution in [2.24, 2.45) is 5.92 Å². The first-order valence-corrected chi connectivity index (χ1v) is 11.8. The highest BCUT2D eigenvalue weighted by Crippen LogP contribution is 2.24. The third kappa shape index (κ3) is 7.45. The molecule has 0 fully saturated rings. The van der Waals surface area contributed by atoms with Gasteiger partial charge in [-0.3, -0.25) is 4.79 Å². The number of hydrogen-bond donors (Lipinski definition) is 1. The lowest BCUT2D eigenvalue weighted by atomic mass is 10.1. The predicted molar refractivity (Wildman–Crippen MR) is 113 cm³/mol. The standard InChI is InChI=1S/C21H26FNO4S2/c1-4-27-21(24)20(13-15(2)3)23-29(25,26)19-11-5-16(6-12-19)14-28-18-9-7-17(22)8-10-18/h5-12,15,20,23H,4,13-14H2,1-3H3/t20-/m0/s1. The third-order valence-corrected chi connectivity index (χ3v) is 6.60. The second-order valence-corrected chi connectivity index (χ2v) is 9.70. The Morgan fingerprint density at radius 1 is 1.10 bits per heavy atom. The quantitative estimate of drug-likeness (QED) is 0.440. The van der Waals surface area contributed by atoms with Gasteiger partial charge in [0.25, 0.3) is 0 Å². The molecular formula is C21H26FNO4S2. The lowest BCUT2D eigenvalue weighted by Gasteiger charge is -2.19. The monoisotopic (exact) mass is 439 g/mol. The number of sulfonamides is 1. The van der Waals surface area contributed by atoms with Crippen molar-refractivity contribution in [1.29, 1.82) is 0 Å². The van der Waals surface area contributed by atoms with Crippen LogP contribution in [0, 0.1) is 11.7 Å². The molecular weight excluding hydrogens is 413 g/mol. The Morgan fingerprint density at radius 2 is 1.72 bits per heavy atom. The normalized spacial score (nSPS) is 12.7. The summed E-state index contributed by atoms with van der Waals surface area (Å²) >= 11 is 1.53. The first-order chi connectivity index (χ1) is 13.7. The van der Waals surface area contributed by atoms with E-state index in [4.69, 9.17) is 4.74 Å². The van der Waals surface area contributed by atoms with Crippen molar-refractivity contribution in [3.63, 3.8) is 0 Å². The van der Waals surface area contributed by atoms with Crippen LogP contribution in [0.25, 0.3) is 0 Å². The van der Waals surface area contributed by atoms with Gasteiger partial charge in [0, 0.05) is 10.6 Å². The summed E-state index contributed by atoms with van der Waals surface area (Å²) in [4.78, 5) is 13.1. The lowest BCUT2D eigenvalue weighted by Crippen LogP contribution is -2.42. The Kier molecular flexibility index (Phi) is 8.67. The fraction of sp³-hybridized carbons (Fsp3) is 0.381. The van der Waals surface area contributed by atoms with E-state index in [0.29, 0.717) is 12.2 Å². The van der Waals surface area contributed by atoms with Crippen LogP contribution in [0.5, 0.6) is 0 Å². The largest absolute Gasteiger partial charge is 0.465 e. The van der Waals surface area contributed by atoms with Gasteiger partial charge in [0.05, 0.1) is 11.5 Å². The third-order valence-electron chi connectivity index (χ3n) is 4.03. The molecule has 0 saturated carbocycles. The van der Waals surface area contributed by atoms with E-state index in [0.717, 1.165) is 10.5 Å². The number of nitrogens with one attached hydrogen (secondary N) is 1. The summed E-state index contributed by atoms with van der Waals surface area (Å²) in [7, 11) is -3.86. The van der Waals surface area contributed by atoms with Gasteiger partial charge in [-0.25, -0.2) is 12.8 Å². The number of thioether (sulfide) groups is 1. The summed E-state index contributed by atoms with van der Waals surface area (Å²) in [5.41, 5.74) is 0.933.